The van der Waals surface area contributed by atoms with E-state index in [-0.39, 0.29) is 0 Å². The van der Waals surface area contributed by atoms with E-state index in [1.54, 1.807) is 6.26 Å². The topological polar surface area (TPSA) is 37.5 Å². The molecule has 0 unspecified atom stereocenters. The van der Waals surface area contributed by atoms with Gasteiger partial charge in [0.1, 0.15) is 11.6 Å². The third-order valence-electron chi connectivity index (χ3n) is 3.91. The molecule has 0 aromatic carbocycles. The maximum Gasteiger partial charge on any atom is 0.144 e. The molecule has 2 aromatic heterocycles. The standard InChI is InChI=1S/C19H25BrN2OS.C2H6/c1-5-7-10-17(20)22-19(21-12-15-9-8-11-23-15)18-14(4)13(3)16(6-2)24-18;1-2/h8-11H,5-7,12H2,1-4H3,(H,21,22);1-2H3/b17-10+;. The predicted octanol–water partition coefficient (Wildman–Crippen LogP) is 7.12. The van der Waals surface area contributed by atoms with Crippen molar-refractivity contribution in [3.8, 4) is 0 Å². The Morgan fingerprint density at radius 1 is 1.27 bits per heavy atom. The fraction of sp³-hybridized carbons (Fsp3) is 0.476. The highest BCUT2D eigenvalue weighted by Gasteiger charge is 2.16. The number of furan rings is 1. The number of amidine groups is 1. The highest BCUT2D eigenvalue weighted by molar-refractivity contribution is 9.11. The Hall–Kier alpha value is -1.33. The van der Waals surface area contributed by atoms with E-state index in [1.807, 2.05) is 37.3 Å². The number of rotatable bonds is 7. The Kier molecular flexibility index (Phi) is 10.6. The monoisotopic (exact) mass is 438 g/mol. The van der Waals surface area contributed by atoms with E-state index >= 15 is 0 Å². The molecule has 0 aliphatic rings. The summed E-state index contributed by atoms with van der Waals surface area (Å²) >= 11 is 5.44. The van der Waals surface area contributed by atoms with Crippen LogP contribution in [-0.4, -0.2) is 5.84 Å². The number of nitrogens with one attached hydrogen (secondary N) is 1. The number of aliphatic imine (C=N–C) groups is 1. The van der Waals surface area contributed by atoms with Crippen molar-refractivity contribution < 1.29 is 4.42 Å². The zero-order chi connectivity index (χ0) is 19.5. The van der Waals surface area contributed by atoms with Crippen LogP contribution in [0.3, 0.4) is 0 Å². The van der Waals surface area contributed by atoms with Crippen molar-refractivity contribution in [3.63, 3.8) is 0 Å². The summed E-state index contributed by atoms with van der Waals surface area (Å²) in [5.41, 5.74) is 2.68. The van der Waals surface area contributed by atoms with Gasteiger partial charge in [-0.05, 0) is 65.9 Å². The maximum absolute atomic E-state index is 5.41. The van der Waals surface area contributed by atoms with Crippen molar-refractivity contribution in [2.45, 2.75) is 67.3 Å². The zero-order valence-electron chi connectivity index (χ0n) is 16.8. The van der Waals surface area contributed by atoms with Crippen LogP contribution in [0.2, 0.25) is 0 Å². The van der Waals surface area contributed by atoms with Gasteiger partial charge in [-0.1, -0.05) is 40.2 Å². The molecule has 0 fully saturated rings. The van der Waals surface area contributed by atoms with Crippen LogP contribution in [0.4, 0.5) is 0 Å². The Morgan fingerprint density at radius 3 is 2.54 bits per heavy atom. The Labute approximate surface area is 170 Å². The Balaban J connectivity index is 0.00000163. The second kappa shape index (κ2) is 12.1. The molecular weight excluding hydrogens is 408 g/mol. The first-order chi connectivity index (χ1) is 12.6. The molecule has 0 saturated heterocycles. The zero-order valence-corrected chi connectivity index (χ0v) is 19.2. The molecule has 0 amide bonds. The number of unbranched alkanes of at least 4 members (excludes halogenated alkanes) is 1. The summed E-state index contributed by atoms with van der Waals surface area (Å²) in [6.07, 6.45) is 7.04. The molecule has 26 heavy (non-hydrogen) atoms. The first kappa shape index (κ1) is 22.7. The normalized spacial score (nSPS) is 12.0. The fourth-order valence-electron chi connectivity index (χ4n) is 2.38. The van der Waals surface area contributed by atoms with Gasteiger partial charge in [0.25, 0.3) is 0 Å². The molecule has 0 spiro atoms. The van der Waals surface area contributed by atoms with Crippen molar-refractivity contribution in [1.82, 2.24) is 5.32 Å². The molecule has 0 radical (unpaired) electrons. The number of nitrogens with zero attached hydrogens (tertiary/aromatic N) is 1. The first-order valence-electron chi connectivity index (χ1n) is 9.35. The molecule has 1 N–H and O–H groups in total. The van der Waals surface area contributed by atoms with Crippen LogP contribution in [0.1, 0.15) is 67.2 Å². The fourth-order valence-corrected chi connectivity index (χ4v) is 4.01. The number of allylic oxidation sites excluding steroid dienone is 1. The van der Waals surface area contributed by atoms with E-state index < -0.39 is 0 Å². The molecule has 0 bridgehead atoms. The van der Waals surface area contributed by atoms with Gasteiger partial charge in [0.2, 0.25) is 0 Å². The Bertz CT molecular complexity index is 715. The number of hydrogen-bond donors (Lipinski definition) is 1. The van der Waals surface area contributed by atoms with Crippen LogP contribution < -0.4 is 5.32 Å². The van der Waals surface area contributed by atoms with E-state index in [1.165, 1.54) is 20.9 Å². The van der Waals surface area contributed by atoms with Crippen molar-refractivity contribution in [1.29, 1.82) is 0 Å². The molecule has 2 aromatic rings. The number of thiophene rings is 1. The summed E-state index contributed by atoms with van der Waals surface area (Å²) in [5.74, 6) is 1.76. The SMILES string of the molecule is CC.CCC/C=C(\Br)NC(=NCc1ccco1)c1sc(CC)c(C)c1C. The van der Waals surface area contributed by atoms with Crippen LogP contribution in [0.25, 0.3) is 0 Å². The molecule has 2 rings (SSSR count). The number of halogens is 1. The van der Waals surface area contributed by atoms with Crippen LogP contribution in [0.15, 0.2) is 38.5 Å². The Morgan fingerprint density at radius 2 is 2.00 bits per heavy atom. The van der Waals surface area contributed by atoms with Gasteiger partial charge >= 0.3 is 0 Å². The van der Waals surface area contributed by atoms with Crippen LogP contribution in [-0.2, 0) is 13.0 Å². The largest absolute Gasteiger partial charge is 0.467 e. The van der Waals surface area contributed by atoms with Gasteiger partial charge in [-0.15, -0.1) is 11.3 Å². The molecule has 0 aliphatic carbocycles. The summed E-state index contributed by atoms with van der Waals surface area (Å²) in [6.45, 7) is 13.3. The van der Waals surface area contributed by atoms with Gasteiger partial charge in [0, 0.05) is 4.88 Å². The summed E-state index contributed by atoms with van der Waals surface area (Å²) in [6, 6.07) is 3.85. The average molecular weight is 439 g/mol. The lowest BCUT2D eigenvalue weighted by atomic mass is 10.1. The molecule has 0 atom stereocenters. The molecule has 2 heterocycles. The minimum Gasteiger partial charge on any atom is -0.467 e. The smallest absolute Gasteiger partial charge is 0.144 e. The van der Waals surface area contributed by atoms with Crippen molar-refractivity contribution in [2.75, 3.05) is 0 Å². The van der Waals surface area contributed by atoms with Gasteiger partial charge < -0.3 is 9.73 Å². The van der Waals surface area contributed by atoms with Crippen LogP contribution in [0, 0.1) is 13.8 Å². The third-order valence-corrected chi connectivity index (χ3v) is 5.97. The predicted molar refractivity (Wildman–Crippen MR) is 119 cm³/mol. The van der Waals surface area contributed by atoms with Crippen LogP contribution in [0.5, 0.6) is 0 Å². The van der Waals surface area contributed by atoms with Crippen molar-refractivity contribution in [3.05, 3.63) is 55.7 Å². The van der Waals surface area contributed by atoms with Crippen molar-refractivity contribution >= 4 is 33.1 Å². The van der Waals surface area contributed by atoms with Crippen LogP contribution >= 0.6 is 27.3 Å². The lowest BCUT2D eigenvalue weighted by Crippen LogP contribution is -2.21. The minimum atomic E-state index is 0.529. The van der Waals surface area contributed by atoms with Gasteiger partial charge in [-0.2, -0.15) is 0 Å². The number of hydrogen-bond acceptors (Lipinski definition) is 3. The molecule has 3 nitrogen and oxygen atoms in total. The average Bonchev–Trinajstić information content (AvgIpc) is 3.28. The summed E-state index contributed by atoms with van der Waals surface area (Å²) in [7, 11) is 0. The van der Waals surface area contributed by atoms with E-state index in [2.05, 4.69) is 55.0 Å². The molecule has 0 saturated carbocycles. The molecule has 5 heteroatoms. The summed E-state index contributed by atoms with van der Waals surface area (Å²) < 4.78 is 6.38. The lowest BCUT2D eigenvalue weighted by molar-refractivity contribution is 0.512. The van der Waals surface area contributed by atoms with Gasteiger partial charge in [0.05, 0.1) is 22.3 Å². The molecule has 0 aliphatic heterocycles. The van der Waals surface area contributed by atoms with E-state index in [9.17, 15) is 0 Å². The quantitative estimate of drug-likeness (QED) is 0.283. The van der Waals surface area contributed by atoms with Crippen molar-refractivity contribution in [2.24, 2.45) is 4.99 Å². The summed E-state index contributed by atoms with van der Waals surface area (Å²) in [4.78, 5) is 7.41. The molecular formula is C21H31BrN2OS. The van der Waals surface area contributed by atoms with E-state index in [0.29, 0.717) is 6.54 Å². The highest BCUT2D eigenvalue weighted by Crippen LogP contribution is 2.28. The van der Waals surface area contributed by atoms with Gasteiger partial charge in [-0.25, -0.2) is 0 Å². The van der Waals surface area contributed by atoms with E-state index in [4.69, 9.17) is 9.41 Å². The van der Waals surface area contributed by atoms with Gasteiger partial charge in [-0.3, -0.25) is 4.99 Å². The first-order valence-corrected chi connectivity index (χ1v) is 11.0. The van der Waals surface area contributed by atoms with E-state index in [0.717, 1.165) is 35.5 Å². The molecule has 144 valence electrons. The van der Waals surface area contributed by atoms with Gasteiger partial charge in [0.15, 0.2) is 0 Å². The number of aryl methyl sites for hydroxylation is 1. The second-order valence-corrected chi connectivity index (χ2v) is 7.63. The summed E-state index contributed by atoms with van der Waals surface area (Å²) in [5, 5.41) is 3.43. The minimum absolute atomic E-state index is 0.529. The lowest BCUT2D eigenvalue weighted by Gasteiger charge is -2.09. The third kappa shape index (κ3) is 6.44. The second-order valence-electron chi connectivity index (χ2n) is 5.67. The highest BCUT2D eigenvalue weighted by atomic mass is 79.9. The maximum atomic E-state index is 5.41.